The van der Waals surface area contributed by atoms with Gasteiger partial charge in [-0.3, -0.25) is 4.79 Å². The quantitative estimate of drug-likeness (QED) is 0.712. The van der Waals surface area contributed by atoms with Crippen molar-refractivity contribution in [2.24, 2.45) is 0 Å². The fourth-order valence-corrected chi connectivity index (χ4v) is 1.47. The Balaban J connectivity index is 4.08. The Bertz CT molecular complexity index is 231. The van der Waals surface area contributed by atoms with Crippen LogP contribution in [-0.4, -0.2) is 35.6 Å². The van der Waals surface area contributed by atoms with E-state index < -0.39 is 31.1 Å². The molecule has 0 heterocycles. The lowest BCUT2D eigenvalue weighted by Gasteiger charge is -2.19. The van der Waals surface area contributed by atoms with E-state index in [-0.39, 0.29) is 10.9 Å². The highest BCUT2D eigenvalue weighted by Crippen LogP contribution is 2.30. The SMILES string of the molecule is CC(=O)SCCC(F)C(F)C(F)C(F)(F)F. The second-order valence-corrected chi connectivity index (χ2v) is 4.30. The molecule has 16 heavy (non-hydrogen) atoms. The summed E-state index contributed by atoms with van der Waals surface area (Å²) in [5.74, 6) is -0.179. The number of carbonyl (C=O) groups is 1. The van der Waals surface area contributed by atoms with Gasteiger partial charge < -0.3 is 0 Å². The smallest absolute Gasteiger partial charge is 0.288 e. The molecule has 8 heteroatoms. The lowest BCUT2D eigenvalue weighted by molar-refractivity contribution is -0.202. The van der Waals surface area contributed by atoms with Crippen molar-refractivity contribution < 1.29 is 31.1 Å². The molecule has 0 rings (SSSR count). The van der Waals surface area contributed by atoms with Crippen LogP contribution in [0.2, 0.25) is 0 Å². The molecular weight excluding hydrogens is 258 g/mol. The predicted molar refractivity (Wildman–Crippen MR) is 48.5 cm³/mol. The summed E-state index contributed by atoms with van der Waals surface area (Å²) in [6.07, 6.45) is -15.7. The Kier molecular flexibility index (Phi) is 6.20. The van der Waals surface area contributed by atoms with E-state index in [1.165, 1.54) is 6.92 Å². The summed E-state index contributed by atoms with van der Waals surface area (Å²) in [6, 6.07) is 0. The van der Waals surface area contributed by atoms with Gasteiger partial charge in [-0.15, -0.1) is 0 Å². The van der Waals surface area contributed by atoms with Crippen LogP contribution < -0.4 is 0 Å². The van der Waals surface area contributed by atoms with Crippen LogP contribution in [-0.2, 0) is 4.79 Å². The van der Waals surface area contributed by atoms with Crippen LogP contribution in [0.3, 0.4) is 0 Å². The summed E-state index contributed by atoms with van der Waals surface area (Å²) in [4.78, 5) is 10.4. The zero-order chi connectivity index (χ0) is 12.9. The van der Waals surface area contributed by atoms with E-state index in [1.807, 2.05) is 0 Å². The van der Waals surface area contributed by atoms with Crippen LogP contribution in [0, 0.1) is 0 Å². The molecule has 0 bridgehead atoms. The molecule has 0 amide bonds. The highest BCUT2D eigenvalue weighted by molar-refractivity contribution is 8.13. The van der Waals surface area contributed by atoms with Gasteiger partial charge in [0.2, 0.25) is 6.17 Å². The average Bonchev–Trinajstić information content (AvgIpc) is 2.13. The van der Waals surface area contributed by atoms with E-state index in [0.29, 0.717) is 11.8 Å². The van der Waals surface area contributed by atoms with Crippen molar-refractivity contribution in [3.8, 4) is 0 Å². The Morgan fingerprint density at radius 2 is 1.75 bits per heavy atom. The zero-order valence-corrected chi connectivity index (χ0v) is 9.05. The third-order valence-electron chi connectivity index (χ3n) is 1.64. The van der Waals surface area contributed by atoms with E-state index in [9.17, 15) is 31.1 Å². The first-order valence-corrected chi connectivity index (χ1v) is 5.27. The summed E-state index contributed by atoms with van der Waals surface area (Å²) in [5, 5.41) is -0.366. The minimum absolute atomic E-state index is 0.179. The maximum atomic E-state index is 12.8. The Morgan fingerprint density at radius 3 is 2.12 bits per heavy atom. The van der Waals surface area contributed by atoms with Crippen molar-refractivity contribution in [3.63, 3.8) is 0 Å². The number of alkyl halides is 6. The number of hydrogen-bond acceptors (Lipinski definition) is 2. The van der Waals surface area contributed by atoms with Crippen molar-refractivity contribution in [3.05, 3.63) is 0 Å². The van der Waals surface area contributed by atoms with Crippen molar-refractivity contribution in [1.82, 2.24) is 0 Å². The molecule has 0 aromatic heterocycles. The van der Waals surface area contributed by atoms with E-state index in [4.69, 9.17) is 0 Å². The van der Waals surface area contributed by atoms with Crippen LogP contribution in [0.5, 0.6) is 0 Å². The first kappa shape index (κ1) is 15.6. The summed E-state index contributed by atoms with van der Waals surface area (Å²) in [5.41, 5.74) is 0. The number of rotatable bonds is 5. The van der Waals surface area contributed by atoms with Crippen LogP contribution in [0.1, 0.15) is 13.3 Å². The molecule has 3 atom stereocenters. The number of hydrogen-bond donors (Lipinski definition) is 0. The molecular formula is C8H10F6OS. The topological polar surface area (TPSA) is 17.1 Å². The molecule has 0 aliphatic heterocycles. The molecule has 0 fully saturated rings. The summed E-state index contributed by atoms with van der Waals surface area (Å²) < 4.78 is 72.8. The van der Waals surface area contributed by atoms with Crippen LogP contribution in [0.15, 0.2) is 0 Å². The average molecular weight is 268 g/mol. The molecule has 0 radical (unpaired) electrons. The number of carbonyl (C=O) groups excluding carboxylic acids is 1. The van der Waals surface area contributed by atoms with Crippen LogP contribution in [0.4, 0.5) is 26.3 Å². The lowest BCUT2D eigenvalue weighted by atomic mass is 10.1. The first-order valence-electron chi connectivity index (χ1n) is 4.28. The monoisotopic (exact) mass is 268 g/mol. The molecule has 0 N–H and O–H groups in total. The van der Waals surface area contributed by atoms with Crippen LogP contribution in [0.25, 0.3) is 0 Å². The standard InChI is InChI=1S/C8H10F6OS/c1-4(15)16-3-2-5(9)6(10)7(11)8(12,13)14/h5-7H,2-3H2,1H3. The largest absolute Gasteiger partial charge is 0.422 e. The third kappa shape index (κ3) is 5.62. The molecule has 0 aliphatic rings. The second-order valence-electron chi connectivity index (χ2n) is 3.03. The van der Waals surface area contributed by atoms with Gasteiger partial charge in [-0.2, -0.15) is 13.2 Å². The van der Waals surface area contributed by atoms with Gasteiger partial charge in [-0.05, 0) is 6.42 Å². The van der Waals surface area contributed by atoms with E-state index in [0.717, 1.165) is 0 Å². The maximum absolute atomic E-state index is 12.8. The summed E-state index contributed by atoms with van der Waals surface area (Å²) in [6.45, 7) is 1.18. The van der Waals surface area contributed by atoms with Crippen LogP contribution >= 0.6 is 11.8 Å². The van der Waals surface area contributed by atoms with Gasteiger partial charge in [-0.1, -0.05) is 11.8 Å². The summed E-state index contributed by atoms with van der Waals surface area (Å²) in [7, 11) is 0. The van der Waals surface area contributed by atoms with Crippen molar-refractivity contribution in [1.29, 1.82) is 0 Å². The first-order chi connectivity index (χ1) is 7.16. The van der Waals surface area contributed by atoms with Gasteiger partial charge in [-0.25, -0.2) is 13.2 Å². The Hall–Kier alpha value is -0.400. The molecule has 0 aromatic carbocycles. The number of thioether (sulfide) groups is 1. The highest BCUT2D eigenvalue weighted by atomic mass is 32.2. The van der Waals surface area contributed by atoms with Gasteiger partial charge in [0.05, 0.1) is 0 Å². The van der Waals surface area contributed by atoms with E-state index >= 15 is 0 Å². The number of halogens is 6. The third-order valence-corrected chi connectivity index (χ3v) is 2.48. The lowest BCUT2D eigenvalue weighted by Crippen LogP contribution is -2.39. The van der Waals surface area contributed by atoms with Gasteiger partial charge in [0, 0.05) is 12.7 Å². The molecule has 0 aromatic rings. The molecule has 0 spiro atoms. The zero-order valence-electron chi connectivity index (χ0n) is 8.23. The molecule has 0 saturated heterocycles. The Morgan fingerprint density at radius 1 is 1.25 bits per heavy atom. The fraction of sp³-hybridized carbons (Fsp3) is 0.875. The summed E-state index contributed by atoms with van der Waals surface area (Å²) >= 11 is 0.647. The van der Waals surface area contributed by atoms with E-state index in [1.54, 1.807) is 0 Å². The molecule has 3 unspecified atom stereocenters. The second kappa shape index (κ2) is 6.36. The minimum Gasteiger partial charge on any atom is -0.288 e. The molecule has 0 saturated carbocycles. The molecule has 0 aliphatic carbocycles. The molecule has 96 valence electrons. The van der Waals surface area contributed by atoms with Crippen molar-refractivity contribution in [2.75, 3.05) is 5.75 Å². The van der Waals surface area contributed by atoms with Gasteiger partial charge >= 0.3 is 6.18 Å². The van der Waals surface area contributed by atoms with E-state index in [2.05, 4.69) is 0 Å². The Labute approximate surface area is 92.6 Å². The molecule has 1 nitrogen and oxygen atoms in total. The van der Waals surface area contributed by atoms with Gasteiger partial charge in [0.15, 0.2) is 11.3 Å². The highest BCUT2D eigenvalue weighted by Gasteiger charge is 2.48. The van der Waals surface area contributed by atoms with Gasteiger partial charge in [0.1, 0.15) is 6.17 Å². The fourth-order valence-electron chi connectivity index (χ4n) is 0.838. The predicted octanol–water partition coefficient (Wildman–Crippen LogP) is 3.23. The maximum Gasteiger partial charge on any atom is 0.422 e. The van der Waals surface area contributed by atoms with Crippen molar-refractivity contribution in [2.45, 2.75) is 38.0 Å². The normalized spacial score (nSPS) is 17.9. The van der Waals surface area contributed by atoms with Crippen molar-refractivity contribution >= 4 is 16.9 Å². The van der Waals surface area contributed by atoms with Gasteiger partial charge in [0.25, 0.3) is 0 Å². The minimum atomic E-state index is -5.41.